The molecule has 0 radical (unpaired) electrons. The van der Waals surface area contributed by atoms with Crippen LogP contribution >= 0.6 is 0 Å². The van der Waals surface area contributed by atoms with Gasteiger partial charge in [-0.2, -0.15) is 0 Å². The van der Waals surface area contributed by atoms with Gasteiger partial charge in [-0.05, 0) is 6.92 Å². The standard InChI is InChI=1S/C74H124N4O55/c1-16-35(91)46(102)51(107)68(115-16)113-15-30-59(42(98)31(64(112)116-30)75-17(2)87)126-65-32(76-18(3)88)43(99)58(27(12-85)122-65)129-72-55(111)61(41(97)29(125-72)14-114-73-62(49(105)38(94)23(8-81)120-73)132-66-33(77-19(4)89)44(100)56(26(11-84)123-66)127-69-52(108)47(103)36(92)21(6-79)117-69)131-74-63(50(106)39(95)24(9-82)121-74)133-67-34(78-20(5)90)45(101)57(28(13-86)124-67)128-71-54(110)60(40(96)25(10-83)119-71)130-70-53(109)48(104)37(93)22(7-80)118-70/h16,21-74,79-86,91-112H,6-15H2,1-5H3,(H,75,87)(H,76,88)(H,77,89)(H,78,90)/t16-,21+,22+,23+,24+,25+,26+,27+,28+,29+,30+,31+,32+,33+,34-,35+,36-,37-,38+,39+,40-,41+,42+,43+,44+,45+,46+,47-,48-,49-,50-,51-,52+,53+,54+,55-,56+,57+,58+,59+,60-,61-,62-,63-,64?,65-,66-,67-,68+,69-,70-,71-,72-,73-,74+/m0/s1. The first kappa shape index (κ1) is 109. The molecule has 4 amide bonds. The van der Waals surface area contributed by atoms with E-state index in [-0.39, 0.29) is 0 Å². The minimum absolute atomic E-state index is 0.860. The Morgan fingerprint density at radius 1 is 0.211 bits per heavy atom. The molecule has 11 fully saturated rings. The highest BCUT2D eigenvalue weighted by Crippen LogP contribution is 2.42. The zero-order valence-electron chi connectivity index (χ0n) is 71.4. The smallest absolute Gasteiger partial charge is 0.217 e. The summed E-state index contributed by atoms with van der Waals surface area (Å²) in [6, 6.07) is -7.87. The molecule has 0 aromatic rings. The van der Waals surface area contributed by atoms with Crippen molar-refractivity contribution in [3.63, 3.8) is 0 Å². The van der Waals surface area contributed by atoms with Crippen LogP contribution in [0.1, 0.15) is 34.6 Å². The number of aliphatic hydroxyl groups is 30. The molecule has 34 N–H and O–H groups in total. The minimum Gasteiger partial charge on any atom is -0.394 e. The highest BCUT2D eigenvalue weighted by atomic mass is 16.8. The van der Waals surface area contributed by atoms with E-state index in [1.165, 1.54) is 6.92 Å². The molecule has 770 valence electrons. The maximum absolute atomic E-state index is 13.3. The summed E-state index contributed by atoms with van der Waals surface area (Å²) in [5.74, 6) is -3.87. The predicted octanol–water partition coefficient (Wildman–Crippen LogP) is -23.4. The van der Waals surface area contributed by atoms with Gasteiger partial charge in [-0.15, -0.1) is 0 Å². The zero-order chi connectivity index (χ0) is 97.8. The molecule has 11 heterocycles. The van der Waals surface area contributed by atoms with E-state index in [1.807, 2.05) is 0 Å². The summed E-state index contributed by atoms with van der Waals surface area (Å²) in [7, 11) is 0. The molecule has 0 aromatic carbocycles. The van der Waals surface area contributed by atoms with Gasteiger partial charge in [0.2, 0.25) is 23.6 Å². The number of hydrogen-bond donors (Lipinski definition) is 34. The summed E-state index contributed by atoms with van der Waals surface area (Å²) in [5.41, 5.74) is 0. The fourth-order valence-electron chi connectivity index (χ4n) is 17.3. The first-order valence-electron chi connectivity index (χ1n) is 42.5. The highest BCUT2D eigenvalue weighted by molar-refractivity contribution is 5.74. The van der Waals surface area contributed by atoms with Crippen LogP contribution in [0.25, 0.3) is 0 Å². The molecular weight excluding hydrogens is 1820 g/mol. The molecule has 59 heteroatoms. The predicted molar refractivity (Wildman–Crippen MR) is 407 cm³/mol. The molecule has 0 aromatic heterocycles. The minimum atomic E-state index is -2.67. The van der Waals surface area contributed by atoms with Crippen molar-refractivity contribution in [2.75, 3.05) is 66.1 Å². The second kappa shape index (κ2) is 47.6. The van der Waals surface area contributed by atoms with Crippen LogP contribution in [-0.4, -0.2) is 580 Å². The number of rotatable bonds is 34. The molecule has 1 unspecified atom stereocenters. The van der Waals surface area contributed by atoms with Gasteiger partial charge >= 0.3 is 0 Å². The fraction of sp³-hybridized carbons (Fsp3) is 0.946. The SMILES string of the molecule is CC(=O)N[C@@H]1[C@H](O[C@@H]2[C@@H](O[C@@H]3[C@H](O)[C@H](O[C@H]4[C@H](O)[C@@H](NC(C)=O)[C@H](O[C@H]5[C@H](O)[C@@H](NC(C)=O)C(O)O[C@@H]5CO[C@@H]5O[C@@H](C)[C@@H](O)[C@@H](O)[C@@H]5O)O[C@@H]4CO)O[C@H](CO[C@H]4O[C@H](CO)[C@@H](O)[C@H](O)[C@@H]4O[C@@H]4O[C@H](CO)[C@@H](O[C@@H]5O[C@H](CO)[C@H](O)[C@H](O)[C@H]5O)[C@H](O)[C@H]4NC(C)=O)[C@H]3O)O[C@H](CO)[C@@H](O)[C@@H]2O)O[C@H](CO)[C@@H](O[C@@H]2O[C@H](CO)[C@H](O)[C@H](O[C@@H]3O[C@H](CO)[C@H](O)[C@H](O)[C@H]3O)[C@H]2O)[C@@H]1O. The molecule has 11 saturated heterocycles. The largest absolute Gasteiger partial charge is 0.394 e. The summed E-state index contributed by atoms with van der Waals surface area (Å²) in [6.07, 6.45) is -107. The second-order valence-corrected chi connectivity index (χ2v) is 33.8. The Hall–Kier alpha value is -4.16. The lowest BCUT2D eigenvalue weighted by molar-refractivity contribution is -0.400. The Bertz CT molecular complexity index is 3630. The van der Waals surface area contributed by atoms with Crippen molar-refractivity contribution in [3.8, 4) is 0 Å². The molecule has 11 aliphatic rings. The molecule has 11 rings (SSSR count). The Kier molecular flexibility index (Phi) is 39.1. The van der Waals surface area contributed by atoms with Crippen LogP contribution in [0, 0.1) is 0 Å². The van der Waals surface area contributed by atoms with Crippen molar-refractivity contribution < 1.29 is 272 Å². The quantitative estimate of drug-likeness (QED) is 0.0284. The third-order valence-electron chi connectivity index (χ3n) is 24.5. The fourth-order valence-corrected chi connectivity index (χ4v) is 17.3. The normalized spacial score (nSPS) is 50.1. The van der Waals surface area contributed by atoms with Crippen LogP contribution < -0.4 is 21.3 Å². The summed E-state index contributed by atoms with van der Waals surface area (Å²) >= 11 is 0. The Labute approximate surface area is 752 Å². The molecule has 11 aliphatic heterocycles. The third kappa shape index (κ3) is 24.1. The molecule has 0 saturated carbocycles. The zero-order valence-corrected chi connectivity index (χ0v) is 71.4. The third-order valence-corrected chi connectivity index (χ3v) is 24.5. The molecule has 133 heavy (non-hydrogen) atoms. The van der Waals surface area contributed by atoms with Gasteiger partial charge in [-0.25, -0.2) is 0 Å². The summed E-state index contributed by atoms with van der Waals surface area (Å²) < 4.78 is 125. The Balaban J connectivity index is 0.915. The van der Waals surface area contributed by atoms with Gasteiger partial charge in [0.15, 0.2) is 69.2 Å². The number of amides is 4. The molecule has 59 nitrogen and oxygen atoms in total. The Morgan fingerprint density at radius 2 is 0.459 bits per heavy atom. The lowest BCUT2D eigenvalue weighted by atomic mass is 9.93. The molecule has 0 aliphatic carbocycles. The molecule has 0 bridgehead atoms. The van der Waals surface area contributed by atoms with Gasteiger partial charge in [-0.1, -0.05) is 0 Å². The number of hydrogen-bond acceptors (Lipinski definition) is 55. The Morgan fingerprint density at radius 3 is 0.842 bits per heavy atom. The van der Waals surface area contributed by atoms with Crippen LogP contribution in [-0.2, 0) is 119 Å². The highest BCUT2D eigenvalue weighted by Gasteiger charge is 2.63. The van der Waals surface area contributed by atoms with E-state index in [0.717, 1.165) is 27.7 Å². The molecule has 55 atom stereocenters. The van der Waals surface area contributed by atoms with E-state index >= 15 is 0 Å². The van der Waals surface area contributed by atoms with Crippen molar-refractivity contribution in [1.82, 2.24) is 21.3 Å². The average Bonchev–Trinajstić information content (AvgIpc) is 0.801. The van der Waals surface area contributed by atoms with Gasteiger partial charge in [0, 0.05) is 27.7 Å². The number of ether oxygens (including phenoxy) is 21. The summed E-state index contributed by atoms with van der Waals surface area (Å²) in [4.78, 5) is 52.1. The van der Waals surface area contributed by atoms with E-state index in [1.54, 1.807) is 0 Å². The van der Waals surface area contributed by atoms with Crippen molar-refractivity contribution >= 4 is 23.6 Å². The number of carbonyl (C=O) groups excluding carboxylic acids is 4. The van der Waals surface area contributed by atoms with Crippen molar-refractivity contribution in [2.45, 2.75) is 372 Å². The average molecular weight is 1950 g/mol. The lowest BCUT2D eigenvalue weighted by Crippen LogP contribution is -2.71. The molecular formula is C74H124N4O55. The van der Waals surface area contributed by atoms with E-state index in [9.17, 15) is 172 Å². The summed E-state index contributed by atoms with van der Waals surface area (Å²) in [5, 5.41) is 345. The van der Waals surface area contributed by atoms with Crippen molar-refractivity contribution in [1.29, 1.82) is 0 Å². The van der Waals surface area contributed by atoms with Crippen LogP contribution in [0.2, 0.25) is 0 Å². The van der Waals surface area contributed by atoms with Gasteiger partial charge in [-0.3, -0.25) is 19.2 Å². The second-order valence-electron chi connectivity index (χ2n) is 33.8. The van der Waals surface area contributed by atoms with Gasteiger partial charge < -0.3 is 274 Å². The number of carbonyl (C=O) groups is 4. The van der Waals surface area contributed by atoms with Crippen molar-refractivity contribution in [2.24, 2.45) is 0 Å². The van der Waals surface area contributed by atoms with E-state index < -0.39 is 427 Å². The maximum atomic E-state index is 13.3. The number of aliphatic hydroxyl groups excluding tert-OH is 30. The maximum Gasteiger partial charge on any atom is 0.217 e. The van der Waals surface area contributed by atoms with E-state index in [4.69, 9.17) is 99.5 Å². The van der Waals surface area contributed by atoms with E-state index in [0.29, 0.717) is 0 Å². The van der Waals surface area contributed by atoms with Crippen LogP contribution in [0.5, 0.6) is 0 Å². The first-order valence-corrected chi connectivity index (χ1v) is 42.5. The number of nitrogens with one attached hydrogen (secondary N) is 4. The van der Waals surface area contributed by atoms with E-state index in [2.05, 4.69) is 21.3 Å². The lowest BCUT2D eigenvalue weighted by Gasteiger charge is -2.51. The van der Waals surface area contributed by atoms with Gasteiger partial charge in [0.05, 0.1) is 72.2 Å². The van der Waals surface area contributed by atoms with Gasteiger partial charge in [0.25, 0.3) is 0 Å². The van der Waals surface area contributed by atoms with Crippen LogP contribution in [0.4, 0.5) is 0 Å². The topological polar surface area (TPSA) is 917 Å². The first-order chi connectivity index (χ1) is 62.9. The monoisotopic (exact) mass is 1950 g/mol. The van der Waals surface area contributed by atoms with Crippen LogP contribution in [0.15, 0.2) is 0 Å². The summed E-state index contributed by atoms with van der Waals surface area (Å²) in [6.45, 7) is -6.29. The van der Waals surface area contributed by atoms with Crippen molar-refractivity contribution in [3.05, 3.63) is 0 Å². The van der Waals surface area contributed by atoms with Gasteiger partial charge in [0.1, 0.15) is 262 Å². The molecule has 0 spiro atoms. The van der Waals surface area contributed by atoms with Crippen LogP contribution in [0.3, 0.4) is 0 Å².